The highest BCUT2D eigenvalue weighted by molar-refractivity contribution is 5.70. The standard InChI is InChI=1S/C12H24N2O2/c1-12(2,3)8-13-10-5-9(11(15)16)6-14(4)7-10/h9-10,13H,5-8H2,1-4H3,(H,15,16). The van der Waals surface area contributed by atoms with E-state index in [1.54, 1.807) is 0 Å². The van der Waals surface area contributed by atoms with Crippen molar-refractivity contribution >= 4 is 5.97 Å². The normalized spacial score (nSPS) is 28.0. The average molecular weight is 228 g/mol. The zero-order chi connectivity index (χ0) is 12.3. The van der Waals surface area contributed by atoms with Gasteiger partial charge in [0.05, 0.1) is 5.92 Å². The summed E-state index contributed by atoms with van der Waals surface area (Å²) in [4.78, 5) is 13.1. The molecule has 1 rings (SSSR count). The van der Waals surface area contributed by atoms with Gasteiger partial charge in [-0.3, -0.25) is 4.79 Å². The summed E-state index contributed by atoms with van der Waals surface area (Å²) in [6.07, 6.45) is 0.746. The molecule has 1 saturated heterocycles. The van der Waals surface area contributed by atoms with Crippen LogP contribution in [0.3, 0.4) is 0 Å². The molecule has 0 aromatic heterocycles. The Morgan fingerprint density at radius 2 is 2.06 bits per heavy atom. The molecule has 0 aromatic rings. The Kier molecular flexibility index (Phi) is 4.33. The SMILES string of the molecule is CN1CC(NCC(C)(C)C)CC(C(=O)O)C1. The van der Waals surface area contributed by atoms with Gasteiger partial charge >= 0.3 is 5.97 Å². The van der Waals surface area contributed by atoms with Crippen LogP contribution in [-0.2, 0) is 4.79 Å². The number of carboxylic acid groups (broad SMARTS) is 1. The zero-order valence-corrected chi connectivity index (χ0v) is 10.8. The Morgan fingerprint density at radius 1 is 1.44 bits per heavy atom. The first-order chi connectivity index (χ1) is 7.28. The number of likely N-dealkylation sites (tertiary alicyclic amines) is 1. The van der Waals surface area contributed by atoms with Crippen molar-refractivity contribution in [2.75, 3.05) is 26.7 Å². The molecule has 94 valence electrons. The van der Waals surface area contributed by atoms with E-state index in [9.17, 15) is 4.79 Å². The minimum atomic E-state index is -0.672. The number of nitrogens with one attached hydrogen (secondary N) is 1. The van der Waals surface area contributed by atoms with E-state index in [1.807, 2.05) is 7.05 Å². The van der Waals surface area contributed by atoms with E-state index < -0.39 is 5.97 Å². The van der Waals surface area contributed by atoms with Crippen molar-refractivity contribution in [2.24, 2.45) is 11.3 Å². The molecule has 1 aliphatic heterocycles. The van der Waals surface area contributed by atoms with Crippen molar-refractivity contribution in [3.8, 4) is 0 Å². The second kappa shape index (κ2) is 5.15. The summed E-state index contributed by atoms with van der Waals surface area (Å²) in [5.41, 5.74) is 0.245. The maximum Gasteiger partial charge on any atom is 0.307 e. The third kappa shape index (κ3) is 4.49. The third-order valence-corrected chi connectivity index (χ3v) is 2.90. The predicted octanol–water partition coefficient (Wildman–Crippen LogP) is 1.03. The van der Waals surface area contributed by atoms with Gasteiger partial charge in [-0.1, -0.05) is 20.8 Å². The lowest BCUT2D eigenvalue weighted by Crippen LogP contribution is -2.50. The molecule has 4 heteroatoms. The third-order valence-electron chi connectivity index (χ3n) is 2.90. The molecule has 1 aliphatic rings. The molecule has 0 radical (unpaired) electrons. The van der Waals surface area contributed by atoms with Crippen LogP contribution in [0.4, 0.5) is 0 Å². The minimum Gasteiger partial charge on any atom is -0.481 e. The maximum atomic E-state index is 11.0. The van der Waals surface area contributed by atoms with E-state index in [-0.39, 0.29) is 11.3 Å². The Bertz CT molecular complexity index is 248. The van der Waals surface area contributed by atoms with Gasteiger partial charge in [0.2, 0.25) is 0 Å². The van der Waals surface area contributed by atoms with E-state index >= 15 is 0 Å². The van der Waals surface area contributed by atoms with Gasteiger partial charge in [-0.05, 0) is 18.9 Å². The number of rotatable bonds is 3. The van der Waals surface area contributed by atoms with Crippen LogP contribution >= 0.6 is 0 Å². The summed E-state index contributed by atoms with van der Waals surface area (Å²) >= 11 is 0. The number of carbonyl (C=O) groups is 1. The van der Waals surface area contributed by atoms with Crippen LogP contribution in [0.5, 0.6) is 0 Å². The second-order valence-electron chi connectivity index (χ2n) is 6.13. The van der Waals surface area contributed by atoms with Crippen LogP contribution < -0.4 is 5.32 Å². The van der Waals surface area contributed by atoms with Crippen molar-refractivity contribution < 1.29 is 9.90 Å². The molecule has 0 aromatic carbocycles. The van der Waals surface area contributed by atoms with E-state index in [2.05, 4.69) is 31.0 Å². The van der Waals surface area contributed by atoms with Crippen LogP contribution in [0.25, 0.3) is 0 Å². The van der Waals surface area contributed by atoms with Crippen LogP contribution in [0.2, 0.25) is 0 Å². The summed E-state index contributed by atoms with van der Waals surface area (Å²) in [6, 6.07) is 0.305. The number of nitrogens with zero attached hydrogens (tertiary/aromatic N) is 1. The predicted molar refractivity (Wildman–Crippen MR) is 64.5 cm³/mol. The van der Waals surface area contributed by atoms with Gasteiger partial charge < -0.3 is 15.3 Å². The van der Waals surface area contributed by atoms with Crippen molar-refractivity contribution in [2.45, 2.75) is 33.2 Å². The first-order valence-electron chi connectivity index (χ1n) is 5.92. The monoisotopic (exact) mass is 228 g/mol. The van der Waals surface area contributed by atoms with Gasteiger partial charge in [0.1, 0.15) is 0 Å². The van der Waals surface area contributed by atoms with Crippen molar-refractivity contribution in [1.29, 1.82) is 0 Å². The zero-order valence-electron chi connectivity index (χ0n) is 10.8. The summed E-state index contributed by atoms with van der Waals surface area (Å²) < 4.78 is 0. The molecule has 1 heterocycles. The van der Waals surface area contributed by atoms with Crippen molar-refractivity contribution in [3.05, 3.63) is 0 Å². The Morgan fingerprint density at radius 3 is 2.56 bits per heavy atom. The van der Waals surface area contributed by atoms with Gasteiger partial charge in [-0.2, -0.15) is 0 Å². The highest BCUT2D eigenvalue weighted by Gasteiger charge is 2.30. The van der Waals surface area contributed by atoms with Crippen LogP contribution in [-0.4, -0.2) is 48.7 Å². The molecular formula is C12H24N2O2. The molecular weight excluding hydrogens is 204 g/mol. The molecule has 2 unspecified atom stereocenters. The topological polar surface area (TPSA) is 52.6 Å². The molecule has 0 spiro atoms. The summed E-state index contributed by atoms with van der Waals surface area (Å²) in [7, 11) is 1.99. The van der Waals surface area contributed by atoms with Crippen molar-refractivity contribution in [1.82, 2.24) is 10.2 Å². The fourth-order valence-electron chi connectivity index (χ4n) is 2.10. The highest BCUT2D eigenvalue weighted by atomic mass is 16.4. The highest BCUT2D eigenvalue weighted by Crippen LogP contribution is 2.18. The first kappa shape index (κ1) is 13.5. The summed E-state index contributed by atoms with van der Waals surface area (Å²) in [5.74, 6) is -0.898. The van der Waals surface area contributed by atoms with Crippen LogP contribution in [0.1, 0.15) is 27.2 Å². The second-order valence-corrected chi connectivity index (χ2v) is 6.13. The number of hydrogen-bond acceptors (Lipinski definition) is 3. The van der Waals surface area contributed by atoms with Crippen LogP contribution in [0, 0.1) is 11.3 Å². The smallest absolute Gasteiger partial charge is 0.307 e. The van der Waals surface area contributed by atoms with Crippen LogP contribution in [0.15, 0.2) is 0 Å². The number of piperidine rings is 1. The number of hydrogen-bond donors (Lipinski definition) is 2. The lowest BCUT2D eigenvalue weighted by molar-refractivity contribution is -0.143. The maximum absolute atomic E-state index is 11.0. The van der Waals surface area contributed by atoms with Gasteiger partial charge in [0, 0.05) is 25.7 Å². The van der Waals surface area contributed by atoms with Gasteiger partial charge in [-0.15, -0.1) is 0 Å². The fraction of sp³-hybridized carbons (Fsp3) is 0.917. The van der Waals surface area contributed by atoms with E-state index in [4.69, 9.17) is 5.11 Å². The number of likely N-dealkylation sites (N-methyl/N-ethyl adjacent to an activating group) is 1. The van der Waals surface area contributed by atoms with E-state index in [0.29, 0.717) is 12.6 Å². The summed E-state index contributed by atoms with van der Waals surface area (Å²) in [5, 5.41) is 12.5. The molecule has 16 heavy (non-hydrogen) atoms. The number of aliphatic carboxylic acids is 1. The molecule has 1 fully saturated rings. The van der Waals surface area contributed by atoms with E-state index in [1.165, 1.54) is 0 Å². The largest absolute Gasteiger partial charge is 0.481 e. The van der Waals surface area contributed by atoms with Crippen molar-refractivity contribution in [3.63, 3.8) is 0 Å². The van der Waals surface area contributed by atoms with Gasteiger partial charge in [0.25, 0.3) is 0 Å². The number of carboxylic acids is 1. The Balaban J connectivity index is 2.45. The average Bonchev–Trinajstić information content (AvgIpc) is 2.13. The lowest BCUT2D eigenvalue weighted by Gasteiger charge is -2.35. The molecule has 0 amide bonds. The fourth-order valence-corrected chi connectivity index (χ4v) is 2.10. The van der Waals surface area contributed by atoms with Gasteiger partial charge in [0.15, 0.2) is 0 Å². The summed E-state index contributed by atoms with van der Waals surface area (Å²) in [6.45, 7) is 9.09. The van der Waals surface area contributed by atoms with Gasteiger partial charge in [-0.25, -0.2) is 0 Å². The van der Waals surface area contributed by atoms with E-state index in [0.717, 1.165) is 19.5 Å². The molecule has 0 bridgehead atoms. The first-order valence-corrected chi connectivity index (χ1v) is 5.92. The molecule has 2 atom stereocenters. The lowest BCUT2D eigenvalue weighted by atomic mass is 9.92. The molecule has 0 saturated carbocycles. The molecule has 0 aliphatic carbocycles. The molecule has 2 N–H and O–H groups in total. The minimum absolute atomic E-state index is 0.226. The Hall–Kier alpha value is -0.610. The quantitative estimate of drug-likeness (QED) is 0.757. The Labute approximate surface area is 98.0 Å². The molecule has 4 nitrogen and oxygen atoms in total.